The van der Waals surface area contributed by atoms with Crippen LogP contribution in [0.25, 0.3) is 0 Å². The molecule has 6 nitrogen and oxygen atoms in total. The zero-order chi connectivity index (χ0) is 13.7. The molecule has 1 atom stereocenters. The number of hydrogen-bond donors (Lipinski definition) is 1. The smallest absolute Gasteiger partial charge is 0.323 e. The van der Waals surface area contributed by atoms with Gasteiger partial charge < -0.3 is 15.4 Å². The zero-order valence-corrected chi connectivity index (χ0v) is 12.3. The molecule has 0 amide bonds. The molecular formula is C12H21N5OS. The largest absolute Gasteiger partial charge is 0.463 e. The Kier molecular flexibility index (Phi) is 5.07. The van der Waals surface area contributed by atoms with Crippen LogP contribution in [0.5, 0.6) is 6.01 Å². The summed E-state index contributed by atoms with van der Waals surface area (Å²) in [7, 11) is 0. The van der Waals surface area contributed by atoms with Crippen LogP contribution in [0.2, 0.25) is 0 Å². The minimum Gasteiger partial charge on any atom is -0.463 e. The monoisotopic (exact) mass is 283 g/mol. The second-order valence-electron chi connectivity index (χ2n) is 4.47. The fourth-order valence-electron chi connectivity index (χ4n) is 1.91. The van der Waals surface area contributed by atoms with Gasteiger partial charge in [0.25, 0.3) is 0 Å². The molecule has 0 saturated carbocycles. The molecule has 1 aromatic heterocycles. The van der Waals surface area contributed by atoms with E-state index in [0.717, 1.165) is 31.7 Å². The fraction of sp³-hybridized carbons (Fsp3) is 0.750. The van der Waals surface area contributed by atoms with E-state index in [4.69, 9.17) is 10.5 Å². The average Bonchev–Trinajstić information content (AvgIpc) is 2.44. The number of ether oxygens (including phenoxy) is 1. The number of anilines is 2. The first-order valence-electron chi connectivity index (χ1n) is 6.73. The number of nitrogens with two attached hydrogens (primary N) is 1. The molecule has 1 fully saturated rings. The Bertz CT molecular complexity index is 417. The molecule has 1 saturated heterocycles. The summed E-state index contributed by atoms with van der Waals surface area (Å²) < 4.78 is 5.45. The summed E-state index contributed by atoms with van der Waals surface area (Å²) in [4.78, 5) is 14.8. The van der Waals surface area contributed by atoms with Gasteiger partial charge in [-0.25, -0.2) is 0 Å². The predicted molar refractivity (Wildman–Crippen MR) is 78.8 cm³/mol. The standard InChI is InChI=1S/C12H21N5OS/c1-3-6-18-12-15-10(13)14-11(16-12)17-5-7-19-9(4-2)8-17/h9H,3-8H2,1-2H3,(H2,13,14,15,16). The molecule has 0 aliphatic carbocycles. The molecule has 2 heterocycles. The normalized spacial score (nSPS) is 19.5. The van der Waals surface area contributed by atoms with Gasteiger partial charge in [0, 0.05) is 24.1 Å². The first kappa shape index (κ1) is 14.2. The molecule has 1 aliphatic rings. The van der Waals surface area contributed by atoms with Crippen molar-refractivity contribution in [2.24, 2.45) is 0 Å². The van der Waals surface area contributed by atoms with Crippen LogP contribution in [0, 0.1) is 0 Å². The van der Waals surface area contributed by atoms with E-state index in [9.17, 15) is 0 Å². The molecule has 1 aromatic rings. The van der Waals surface area contributed by atoms with E-state index in [2.05, 4.69) is 26.8 Å². The van der Waals surface area contributed by atoms with Gasteiger partial charge in [0.15, 0.2) is 0 Å². The van der Waals surface area contributed by atoms with Gasteiger partial charge in [-0.3, -0.25) is 0 Å². The van der Waals surface area contributed by atoms with Gasteiger partial charge in [-0.15, -0.1) is 0 Å². The summed E-state index contributed by atoms with van der Waals surface area (Å²) in [6.45, 7) is 6.74. The lowest BCUT2D eigenvalue weighted by Crippen LogP contribution is -2.38. The van der Waals surface area contributed by atoms with Gasteiger partial charge in [-0.2, -0.15) is 26.7 Å². The molecule has 0 spiro atoms. The molecular weight excluding hydrogens is 262 g/mol. The third kappa shape index (κ3) is 3.86. The lowest BCUT2D eigenvalue weighted by Gasteiger charge is -2.31. The van der Waals surface area contributed by atoms with Crippen molar-refractivity contribution in [3.63, 3.8) is 0 Å². The second kappa shape index (κ2) is 6.79. The van der Waals surface area contributed by atoms with Gasteiger partial charge in [0.2, 0.25) is 11.9 Å². The Hall–Kier alpha value is -1.24. The highest BCUT2D eigenvalue weighted by molar-refractivity contribution is 8.00. The second-order valence-corrected chi connectivity index (χ2v) is 5.88. The van der Waals surface area contributed by atoms with Crippen molar-refractivity contribution in [1.82, 2.24) is 15.0 Å². The maximum atomic E-state index is 5.73. The number of thioether (sulfide) groups is 1. The highest BCUT2D eigenvalue weighted by Gasteiger charge is 2.22. The van der Waals surface area contributed by atoms with Crippen molar-refractivity contribution in [3.8, 4) is 6.01 Å². The molecule has 1 unspecified atom stereocenters. The summed E-state index contributed by atoms with van der Waals surface area (Å²) in [5.74, 6) is 1.95. The Morgan fingerprint density at radius 1 is 1.37 bits per heavy atom. The van der Waals surface area contributed by atoms with E-state index in [-0.39, 0.29) is 5.95 Å². The summed E-state index contributed by atoms with van der Waals surface area (Å²) in [5, 5.41) is 0.631. The lowest BCUT2D eigenvalue weighted by atomic mass is 10.3. The number of nitrogens with zero attached hydrogens (tertiary/aromatic N) is 4. The zero-order valence-electron chi connectivity index (χ0n) is 11.5. The quantitative estimate of drug-likeness (QED) is 0.879. The molecule has 106 valence electrons. The van der Waals surface area contributed by atoms with Crippen LogP contribution in [-0.2, 0) is 0 Å². The van der Waals surface area contributed by atoms with Crippen molar-refractivity contribution in [2.75, 3.05) is 36.1 Å². The highest BCUT2D eigenvalue weighted by Crippen LogP contribution is 2.24. The van der Waals surface area contributed by atoms with E-state index in [1.165, 1.54) is 0 Å². The molecule has 2 N–H and O–H groups in total. The van der Waals surface area contributed by atoms with E-state index in [1.54, 1.807) is 0 Å². The molecule has 0 bridgehead atoms. The van der Waals surface area contributed by atoms with Gasteiger partial charge in [0.1, 0.15) is 0 Å². The van der Waals surface area contributed by atoms with Crippen LogP contribution in [0.15, 0.2) is 0 Å². The van der Waals surface area contributed by atoms with Gasteiger partial charge >= 0.3 is 6.01 Å². The van der Waals surface area contributed by atoms with E-state index in [1.807, 2.05) is 18.7 Å². The Morgan fingerprint density at radius 3 is 2.95 bits per heavy atom. The predicted octanol–water partition coefficient (Wildman–Crippen LogP) is 1.57. The Morgan fingerprint density at radius 2 is 2.21 bits per heavy atom. The van der Waals surface area contributed by atoms with Crippen LogP contribution in [-0.4, -0.2) is 45.7 Å². The molecule has 19 heavy (non-hydrogen) atoms. The maximum absolute atomic E-state index is 5.73. The first-order chi connectivity index (χ1) is 9.22. The fourth-order valence-corrected chi connectivity index (χ4v) is 3.09. The minimum atomic E-state index is 0.224. The summed E-state index contributed by atoms with van der Waals surface area (Å²) in [6, 6.07) is 0.329. The number of aromatic nitrogens is 3. The topological polar surface area (TPSA) is 77.2 Å². The third-order valence-electron chi connectivity index (χ3n) is 2.93. The van der Waals surface area contributed by atoms with Crippen LogP contribution >= 0.6 is 11.8 Å². The number of rotatable bonds is 5. The van der Waals surface area contributed by atoms with Crippen molar-refractivity contribution < 1.29 is 4.74 Å². The molecule has 2 rings (SSSR count). The molecule has 0 aromatic carbocycles. The van der Waals surface area contributed by atoms with Crippen molar-refractivity contribution in [3.05, 3.63) is 0 Å². The minimum absolute atomic E-state index is 0.224. The maximum Gasteiger partial charge on any atom is 0.323 e. The number of hydrogen-bond acceptors (Lipinski definition) is 7. The first-order valence-corrected chi connectivity index (χ1v) is 7.78. The highest BCUT2D eigenvalue weighted by atomic mass is 32.2. The Labute approximate surface area is 118 Å². The number of nitrogen functional groups attached to an aromatic ring is 1. The van der Waals surface area contributed by atoms with Gasteiger partial charge in [-0.05, 0) is 12.8 Å². The summed E-state index contributed by atoms with van der Waals surface area (Å²) in [6.07, 6.45) is 2.07. The average molecular weight is 283 g/mol. The van der Waals surface area contributed by atoms with Crippen molar-refractivity contribution in [2.45, 2.75) is 31.9 Å². The van der Waals surface area contributed by atoms with Gasteiger partial charge in [-0.1, -0.05) is 13.8 Å². The third-order valence-corrected chi connectivity index (χ3v) is 4.30. The van der Waals surface area contributed by atoms with E-state index in [0.29, 0.717) is 23.8 Å². The summed E-state index contributed by atoms with van der Waals surface area (Å²) >= 11 is 2.01. The molecule has 0 radical (unpaired) electrons. The molecule has 1 aliphatic heterocycles. The van der Waals surface area contributed by atoms with Crippen LogP contribution in [0.4, 0.5) is 11.9 Å². The van der Waals surface area contributed by atoms with Crippen LogP contribution in [0.3, 0.4) is 0 Å². The van der Waals surface area contributed by atoms with E-state index < -0.39 is 0 Å². The van der Waals surface area contributed by atoms with Crippen molar-refractivity contribution in [1.29, 1.82) is 0 Å². The van der Waals surface area contributed by atoms with E-state index >= 15 is 0 Å². The molecule has 7 heteroatoms. The van der Waals surface area contributed by atoms with Gasteiger partial charge in [0.05, 0.1) is 6.61 Å². The Balaban J connectivity index is 2.11. The lowest BCUT2D eigenvalue weighted by molar-refractivity contribution is 0.292. The summed E-state index contributed by atoms with van der Waals surface area (Å²) in [5.41, 5.74) is 5.73. The van der Waals surface area contributed by atoms with Crippen LogP contribution in [0.1, 0.15) is 26.7 Å². The van der Waals surface area contributed by atoms with Crippen molar-refractivity contribution >= 4 is 23.7 Å². The SMILES string of the molecule is CCCOc1nc(N)nc(N2CCSC(CC)C2)n1. The van der Waals surface area contributed by atoms with Crippen LogP contribution < -0.4 is 15.4 Å².